The molecule has 0 aliphatic carbocycles. The fourth-order valence-corrected chi connectivity index (χ4v) is 5.28. The van der Waals surface area contributed by atoms with Crippen molar-refractivity contribution in [1.82, 2.24) is 35.1 Å². The number of pyridine rings is 2. The summed E-state index contributed by atoms with van der Waals surface area (Å²) in [5.74, 6) is 1.35. The molecule has 6 rings (SSSR count). The van der Waals surface area contributed by atoms with Gasteiger partial charge in [-0.25, -0.2) is 4.68 Å². The van der Waals surface area contributed by atoms with Crippen LogP contribution >= 0.6 is 0 Å². The van der Waals surface area contributed by atoms with Crippen molar-refractivity contribution < 1.29 is 9.15 Å². The number of tetrazole rings is 1. The van der Waals surface area contributed by atoms with E-state index in [1.54, 1.807) is 17.1 Å². The SMILES string of the molecule is CCc1ccc2[nH]c(=O)c([C@@H](c3nnnn3C[C@@H]3CCCO3)N(Cc3cccnc3)Cc3ccco3)cc2c1. The van der Waals surface area contributed by atoms with Crippen molar-refractivity contribution in [1.29, 1.82) is 0 Å². The van der Waals surface area contributed by atoms with E-state index in [-0.39, 0.29) is 11.7 Å². The molecule has 200 valence electrons. The highest BCUT2D eigenvalue weighted by Crippen LogP contribution is 2.31. The van der Waals surface area contributed by atoms with Crippen LogP contribution in [0, 0.1) is 0 Å². The third-order valence-electron chi connectivity index (χ3n) is 7.26. The van der Waals surface area contributed by atoms with Gasteiger partial charge in [0.2, 0.25) is 0 Å². The lowest BCUT2D eigenvalue weighted by Crippen LogP contribution is -2.35. The maximum Gasteiger partial charge on any atom is 0.253 e. The third-order valence-corrected chi connectivity index (χ3v) is 7.26. The van der Waals surface area contributed by atoms with Gasteiger partial charge in [-0.3, -0.25) is 14.7 Å². The number of rotatable bonds is 10. The van der Waals surface area contributed by atoms with Gasteiger partial charge in [0.1, 0.15) is 11.8 Å². The minimum atomic E-state index is -0.565. The van der Waals surface area contributed by atoms with Gasteiger partial charge in [0, 0.05) is 36.6 Å². The molecule has 10 nitrogen and oxygen atoms in total. The van der Waals surface area contributed by atoms with Gasteiger partial charge in [-0.1, -0.05) is 19.1 Å². The molecular formula is C29H31N7O3. The summed E-state index contributed by atoms with van der Waals surface area (Å²) >= 11 is 0. The summed E-state index contributed by atoms with van der Waals surface area (Å²) in [7, 11) is 0. The second-order valence-corrected chi connectivity index (χ2v) is 9.93. The van der Waals surface area contributed by atoms with Gasteiger partial charge < -0.3 is 14.1 Å². The highest BCUT2D eigenvalue weighted by Gasteiger charge is 2.32. The predicted molar refractivity (Wildman–Crippen MR) is 145 cm³/mol. The van der Waals surface area contributed by atoms with E-state index in [0.717, 1.165) is 48.1 Å². The summed E-state index contributed by atoms with van der Waals surface area (Å²) < 4.78 is 13.4. The average Bonchev–Trinajstić information content (AvgIpc) is 3.75. The monoisotopic (exact) mass is 525 g/mol. The van der Waals surface area contributed by atoms with E-state index >= 15 is 0 Å². The van der Waals surface area contributed by atoms with Gasteiger partial charge in [-0.2, -0.15) is 0 Å². The van der Waals surface area contributed by atoms with Crippen LogP contribution in [0.2, 0.25) is 0 Å². The van der Waals surface area contributed by atoms with Crippen molar-refractivity contribution >= 4 is 10.9 Å². The number of hydrogen-bond donors (Lipinski definition) is 1. The Balaban J connectivity index is 1.50. The number of aromatic amines is 1. The molecule has 0 amide bonds. The predicted octanol–water partition coefficient (Wildman–Crippen LogP) is 4.04. The van der Waals surface area contributed by atoms with E-state index < -0.39 is 6.04 Å². The molecule has 39 heavy (non-hydrogen) atoms. The highest BCUT2D eigenvalue weighted by atomic mass is 16.5. The first-order chi connectivity index (χ1) is 19.2. The summed E-state index contributed by atoms with van der Waals surface area (Å²) in [6.45, 7) is 4.31. The van der Waals surface area contributed by atoms with E-state index in [4.69, 9.17) is 9.15 Å². The van der Waals surface area contributed by atoms with Gasteiger partial charge in [0.25, 0.3) is 5.56 Å². The van der Waals surface area contributed by atoms with E-state index in [1.807, 2.05) is 48.7 Å². The minimum absolute atomic E-state index is 0.0340. The van der Waals surface area contributed by atoms with Crippen LogP contribution in [0.25, 0.3) is 10.9 Å². The van der Waals surface area contributed by atoms with Gasteiger partial charge in [-0.15, -0.1) is 5.10 Å². The standard InChI is InChI=1S/C29H31N7O3/c1-2-20-9-10-26-22(14-20)15-25(29(37)31-26)27(28-32-33-34-36(28)19-24-8-5-13-39-24)35(18-23-7-4-12-38-23)17-21-6-3-11-30-16-21/h3-4,6-7,9-12,14-16,24,27H,2,5,8,13,17-19H2,1H3,(H,31,37)/t24-,27-/m0/s1. The number of hydrogen-bond acceptors (Lipinski definition) is 8. The third kappa shape index (κ3) is 5.52. The van der Waals surface area contributed by atoms with Gasteiger partial charge in [0.05, 0.1) is 25.5 Å². The molecule has 0 unspecified atom stereocenters. The van der Waals surface area contributed by atoms with Crippen LogP contribution in [-0.2, 0) is 30.8 Å². The summed E-state index contributed by atoms with van der Waals surface area (Å²) in [6, 6.07) is 15.3. The van der Waals surface area contributed by atoms with Gasteiger partial charge in [0.15, 0.2) is 5.82 Å². The minimum Gasteiger partial charge on any atom is -0.468 e. The van der Waals surface area contributed by atoms with E-state index in [9.17, 15) is 4.79 Å². The van der Waals surface area contributed by atoms with E-state index in [0.29, 0.717) is 31.0 Å². The molecule has 1 aromatic carbocycles. The molecule has 1 aliphatic rings. The number of fused-ring (bicyclic) bond motifs is 1. The number of ether oxygens (including phenoxy) is 1. The molecule has 0 radical (unpaired) electrons. The van der Waals surface area contributed by atoms with Crippen LogP contribution in [0.4, 0.5) is 0 Å². The summed E-state index contributed by atoms with van der Waals surface area (Å²) in [4.78, 5) is 23.3. The second kappa shape index (κ2) is 11.3. The lowest BCUT2D eigenvalue weighted by molar-refractivity contribution is 0.0901. The lowest BCUT2D eigenvalue weighted by atomic mass is 10.0. The second-order valence-electron chi connectivity index (χ2n) is 9.93. The highest BCUT2D eigenvalue weighted by molar-refractivity contribution is 5.80. The molecule has 10 heteroatoms. The Hall–Kier alpha value is -4.15. The van der Waals surface area contributed by atoms with Crippen molar-refractivity contribution in [3.63, 3.8) is 0 Å². The van der Waals surface area contributed by atoms with Crippen LogP contribution in [0.5, 0.6) is 0 Å². The molecule has 2 atom stereocenters. The van der Waals surface area contributed by atoms with Crippen molar-refractivity contribution in [2.24, 2.45) is 0 Å². The zero-order valence-electron chi connectivity index (χ0n) is 21.9. The van der Waals surface area contributed by atoms with E-state index in [1.165, 1.54) is 5.56 Å². The van der Waals surface area contributed by atoms with Gasteiger partial charge in [-0.05, 0) is 82.6 Å². The maximum atomic E-state index is 13.7. The topological polar surface area (TPSA) is 115 Å². The number of H-pyrrole nitrogens is 1. The molecule has 4 aromatic heterocycles. The first kappa shape index (κ1) is 25.1. The first-order valence-corrected chi connectivity index (χ1v) is 13.4. The van der Waals surface area contributed by atoms with Crippen LogP contribution < -0.4 is 5.56 Å². The van der Waals surface area contributed by atoms with Crippen LogP contribution in [0.1, 0.15) is 54.1 Å². The zero-order valence-corrected chi connectivity index (χ0v) is 21.9. The Morgan fingerprint density at radius 1 is 1.15 bits per heavy atom. The largest absolute Gasteiger partial charge is 0.468 e. The molecule has 0 bridgehead atoms. The molecule has 1 aliphatic heterocycles. The number of benzene rings is 1. The molecule has 0 saturated carbocycles. The van der Waals surface area contributed by atoms with E-state index in [2.05, 4.69) is 43.4 Å². The summed E-state index contributed by atoms with van der Waals surface area (Å²) in [5.41, 5.74) is 3.37. The molecule has 5 heterocycles. The molecular weight excluding hydrogens is 494 g/mol. The molecule has 1 N–H and O–H groups in total. The van der Waals surface area contributed by atoms with Crippen molar-refractivity contribution in [2.45, 2.75) is 58.0 Å². The Labute approximate surface area is 225 Å². The van der Waals surface area contributed by atoms with Crippen LogP contribution in [0.15, 0.2) is 76.4 Å². The van der Waals surface area contributed by atoms with Crippen molar-refractivity contribution in [3.05, 3.63) is 106 Å². The fourth-order valence-electron chi connectivity index (χ4n) is 5.28. The van der Waals surface area contributed by atoms with Crippen molar-refractivity contribution in [3.8, 4) is 0 Å². The molecule has 1 fully saturated rings. The van der Waals surface area contributed by atoms with Crippen LogP contribution in [-0.4, -0.2) is 47.8 Å². The zero-order chi connectivity index (χ0) is 26.6. The van der Waals surface area contributed by atoms with Gasteiger partial charge >= 0.3 is 0 Å². The quantitative estimate of drug-likeness (QED) is 0.291. The lowest BCUT2D eigenvalue weighted by Gasteiger charge is -2.30. The number of nitrogens with one attached hydrogen (secondary N) is 1. The molecule has 1 saturated heterocycles. The maximum absolute atomic E-state index is 13.7. The molecule has 5 aromatic rings. The van der Waals surface area contributed by atoms with Crippen LogP contribution in [0.3, 0.4) is 0 Å². The Kier molecular flexibility index (Phi) is 7.29. The number of aryl methyl sites for hydroxylation is 1. The average molecular weight is 526 g/mol. The smallest absolute Gasteiger partial charge is 0.253 e. The molecule has 0 spiro atoms. The Morgan fingerprint density at radius 2 is 2.10 bits per heavy atom. The summed E-state index contributed by atoms with van der Waals surface area (Å²) in [6.07, 6.45) is 8.14. The Bertz CT molecular complexity index is 1570. The fraction of sp³-hybridized carbons (Fsp3) is 0.345. The number of nitrogens with zero attached hydrogens (tertiary/aromatic N) is 6. The normalized spacial score (nSPS) is 16.3. The van der Waals surface area contributed by atoms with Crippen molar-refractivity contribution in [2.75, 3.05) is 6.61 Å². The number of aromatic nitrogens is 6. The Morgan fingerprint density at radius 3 is 2.87 bits per heavy atom. The first-order valence-electron chi connectivity index (χ1n) is 13.4. The number of furan rings is 1. The summed E-state index contributed by atoms with van der Waals surface area (Å²) in [5, 5.41) is 13.8.